The zero-order valence-electron chi connectivity index (χ0n) is 14.2. The molecule has 0 radical (unpaired) electrons. The largest absolute Gasteiger partial charge is 0.457 e. The van der Waals surface area contributed by atoms with Crippen molar-refractivity contribution in [1.29, 1.82) is 0 Å². The molecule has 28 heavy (non-hydrogen) atoms. The zero-order valence-corrected chi connectivity index (χ0v) is 16.3. The lowest BCUT2D eigenvalue weighted by molar-refractivity contribution is -0.384. The Kier molecular flexibility index (Phi) is 4.55. The standard InChI is InChI=1S/C20H11IN2O5/c21-12-1-3-13(4-2-12)22-19(24)17-10-9-16(11-18(17)20(22)25)28-15-7-5-14(6-8-15)23(26)27/h1-11H. The highest BCUT2D eigenvalue weighted by atomic mass is 127. The Labute approximate surface area is 172 Å². The number of hydrogen-bond acceptors (Lipinski definition) is 5. The molecule has 0 aromatic heterocycles. The van der Waals surface area contributed by atoms with Crippen LogP contribution < -0.4 is 9.64 Å². The third-order valence-electron chi connectivity index (χ3n) is 4.23. The van der Waals surface area contributed by atoms with Gasteiger partial charge in [0, 0.05) is 15.7 Å². The van der Waals surface area contributed by atoms with Crippen molar-refractivity contribution in [2.45, 2.75) is 0 Å². The third kappa shape index (κ3) is 3.22. The molecule has 2 amide bonds. The summed E-state index contributed by atoms with van der Waals surface area (Å²) in [6.07, 6.45) is 0. The van der Waals surface area contributed by atoms with E-state index in [-0.39, 0.29) is 17.2 Å². The molecule has 3 aromatic carbocycles. The van der Waals surface area contributed by atoms with E-state index in [1.54, 1.807) is 24.3 Å². The minimum atomic E-state index is -0.497. The smallest absolute Gasteiger partial charge is 0.269 e. The van der Waals surface area contributed by atoms with Crippen LogP contribution in [0.15, 0.2) is 66.7 Å². The van der Waals surface area contributed by atoms with Crippen molar-refractivity contribution in [2.75, 3.05) is 4.90 Å². The van der Waals surface area contributed by atoms with E-state index in [0.717, 1.165) is 8.47 Å². The first-order valence-corrected chi connectivity index (χ1v) is 9.22. The van der Waals surface area contributed by atoms with Crippen LogP contribution in [0.4, 0.5) is 11.4 Å². The molecule has 8 heteroatoms. The van der Waals surface area contributed by atoms with Crippen molar-refractivity contribution in [1.82, 2.24) is 0 Å². The fourth-order valence-corrected chi connectivity index (χ4v) is 3.24. The summed E-state index contributed by atoms with van der Waals surface area (Å²) in [6, 6.07) is 17.3. The first-order valence-electron chi connectivity index (χ1n) is 8.15. The predicted octanol–water partition coefficient (Wildman–Crippen LogP) is 4.79. The number of amides is 2. The van der Waals surface area contributed by atoms with E-state index in [2.05, 4.69) is 22.6 Å². The van der Waals surface area contributed by atoms with Crippen LogP contribution in [-0.2, 0) is 0 Å². The summed E-state index contributed by atoms with van der Waals surface area (Å²) in [4.78, 5) is 36.8. The second-order valence-corrected chi connectivity index (χ2v) is 7.23. The quantitative estimate of drug-likeness (QED) is 0.229. The summed E-state index contributed by atoms with van der Waals surface area (Å²) in [6.45, 7) is 0. The van der Waals surface area contributed by atoms with Crippen LogP contribution in [0.25, 0.3) is 0 Å². The lowest BCUT2D eigenvalue weighted by atomic mass is 10.1. The molecule has 0 bridgehead atoms. The van der Waals surface area contributed by atoms with E-state index < -0.39 is 10.8 Å². The van der Waals surface area contributed by atoms with Gasteiger partial charge in [-0.2, -0.15) is 0 Å². The number of ether oxygens (including phenoxy) is 1. The van der Waals surface area contributed by atoms with Crippen molar-refractivity contribution < 1.29 is 19.2 Å². The average molecular weight is 486 g/mol. The van der Waals surface area contributed by atoms with E-state index in [4.69, 9.17) is 4.74 Å². The summed E-state index contributed by atoms with van der Waals surface area (Å²) >= 11 is 2.15. The highest BCUT2D eigenvalue weighted by Crippen LogP contribution is 2.32. The van der Waals surface area contributed by atoms with Crippen LogP contribution in [0.2, 0.25) is 0 Å². The third-order valence-corrected chi connectivity index (χ3v) is 4.95. The molecular weight excluding hydrogens is 475 g/mol. The van der Waals surface area contributed by atoms with Crippen LogP contribution in [0.1, 0.15) is 20.7 Å². The summed E-state index contributed by atoms with van der Waals surface area (Å²) in [5, 5.41) is 10.7. The molecule has 0 saturated heterocycles. The minimum Gasteiger partial charge on any atom is -0.457 e. The molecule has 4 rings (SSSR count). The Morgan fingerprint density at radius 2 is 1.43 bits per heavy atom. The van der Waals surface area contributed by atoms with Gasteiger partial charge in [-0.15, -0.1) is 0 Å². The number of anilines is 1. The maximum absolute atomic E-state index is 12.8. The van der Waals surface area contributed by atoms with Crippen LogP contribution in [0.5, 0.6) is 11.5 Å². The number of non-ortho nitro benzene ring substituents is 1. The number of halogens is 1. The van der Waals surface area contributed by atoms with Crippen LogP contribution in [-0.4, -0.2) is 16.7 Å². The lowest BCUT2D eigenvalue weighted by Gasteiger charge is -2.13. The van der Waals surface area contributed by atoms with Crippen molar-refractivity contribution in [2.24, 2.45) is 0 Å². The van der Waals surface area contributed by atoms with Gasteiger partial charge in [-0.1, -0.05) is 0 Å². The Bertz CT molecular complexity index is 1110. The van der Waals surface area contributed by atoms with E-state index >= 15 is 0 Å². The average Bonchev–Trinajstić information content (AvgIpc) is 2.93. The van der Waals surface area contributed by atoms with Gasteiger partial charge in [0.15, 0.2) is 0 Å². The number of nitro benzene ring substituents is 1. The van der Waals surface area contributed by atoms with E-state index in [0.29, 0.717) is 22.7 Å². The van der Waals surface area contributed by atoms with Gasteiger partial charge in [-0.05, 0) is 77.2 Å². The summed E-state index contributed by atoms with van der Waals surface area (Å²) < 4.78 is 6.67. The SMILES string of the molecule is O=C1c2ccc(Oc3ccc([N+](=O)[O-])cc3)cc2C(=O)N1c1ccc(I)cc1. The number of nitro groups is 1. The number of rotatable bonds is 4. The molecule has 0 N–H and O–H groups in total. The molecule has 0 aliphatic carbocycles. The second-order valence-electron chi connectivity index (χ2n) is 5.98. The van der Waals surface area contributed by atoms with Gasteiger partial charge >= 0.3 is 0 Å². The van der Waals surface area contributed by atoms with Crippen LogP contribution >= 0.6 is 22.6 Å². The van der Waals surface area contributed by atoms with Gasteiger partial charge in [-0.25, -0.2) is 4.90 Å². The number of fused-ring (bicyclic) bond motifs is 1. The second kappa shape index (κ2) is 7.04. The van der Waals surface area contributed by atoms with Gasteiger partial charge in [0.1, 0.15) is 11.5 Å². The van der Waals surface area contributed by atoms with Gasteiger partial charge in [0.2, 0.25) is 0 Å². The van der Waals surface area contributed by atoms with Crippen molar-refractivity contribution in [3.05, 3.63) is 91.5 Å². The molecule has 3 aromatic rings. The molecule has 7 nitrogen and oxygen atoms in total. The first-order chi connectivity index (χ1) is 13.4. The maximum Gasteiger partial charge on any atom is 0.269 e. The van der Waals surface area contributed by atoms with Gasteiger partial charge in [0.25, 0.3) is 17.5 Å². The molecule has 0 atom stereocenters. The minimum absolute atomic E-state index is 0.0461. The highest BCUT2D eigenvalue weighted by Gasteiger charge is 2.37. The van der Waals surface area contributed by atoms with Gasteiger partial charge < -0.3 is 4.74 Å². The molecular formula is C20H11IN2O5. The number of carbonyl (C=O) groups is 2. The molecule has 1 heterocycles. The molecule has 0 fully saturated rings. The summed E-state index contributed by atoms with van der Waals surface area (Å²) in [7, 11) is 0. The number of nitrogens with zero attached hydrogens (tertiary/aromatic N) is 2. The highest BCUT2D eigenvalue weighted by molar-refractivity contribution is 14.1. The lowest BCUT2D eigenvalue weighted by Crippen LogP contribution is -2.29. The van der Waals surface area contributed by atoms with Crippen LogP contribution in [0, 0.1) is 13.7 Å². The zero-order chi connectivity index (χ0) is 19.8. The fraction of sp³-hybridized carbons (Fsp3) is 0. The Hall–Kier alpha value is -3.27. The summed E-state index contributed by atoms with van der Waals surface area (Å²) in [5.41, 5.74) is 1.02. The molecule has 1 aliphatic heterocycles. The Morgan fingerprint density at radius 1 is 0.821 bits per heavy atom. The van der Waals surface area contributed by atoms with Gasteiger partial charge in [-0.3, -0.25) is 19.7 Å². The Morgan fingerprint density at radius 3 is 2.07 bits per heavy atom. The van der Waals surface area contributed by atoms with Gasteiger partial charge in [0.05, 0.1) is 21.7 Å². The molecule has 0 spiro atoms. The maximum atomic E-state index is 12.8. The van der Waals surface area contributed by atoms with E-state index in [9.17, 15) is 19.7 Å². The normalized spacial score (nSPS) is 12.8. The fourth-order valence-electron chi connectivity index (χ4n) is 2.88. The van der Waals surface area contributed by atoms with Crippen LogP contribution in [0.3, 0.4) is 0 Å². The van der Waals surface area contributed by atoms with Crippen molar-refractivity contribution >= 4 is 45.8 Å². The van der Waals surface area contributed by atoms with E-state index in [1.807, 2.05) is 12.1 Å². The molecule has 1 aliphatic rings. The molecule has 0 saturated carbocycles. The Balaban J connectivity index is 1.61. The topological polar surface area (TPSA) is 89.7 Å². The molecule has 138 valence electrons. The number of benzene rings is 3. The van der Waals surface area contributed by atoms with Crippen molar-refractivity contribution in [3.63, 3.8) is 0 Å². The predicted molar refractivity (Wildman–Crippen MR) is 110 cm³/mol. The first kappa shape index (κ1) is 18.1. The monoisotopic (exact) mass is 486 g/mol. The number of imide groups is 1. The molecule has 0 unspecified atom stereocenters. The number of hydrogen-bond donors (Lipinski definition) is 0. The van der Waals surface area contributed by atoms with Crippen molar-refractivity contribution in [3.8, 4) is 11.5 Å². The van der Waals surface area contributed by atoms with E-state index in [1.165, 1.54) is 30.3 Å². The summed E-state index contributed by atoms with van der Waals surface area (Å²) in [5.74, 6) is -0.0616. The number of carbonyl (C=O) groups excluding carboxylic acids is 2.